The maximum Gasteiger partial charge on any atom is 0.405 e. The average molecular weight is 356 g/mol. The molecule has 8 heteroatoms. The van der Waals surface area contributed by atoms with Gasteiger partial charge in [-0.2, -0.15) is 13.2 Å². The number of aromatic nitrogens is 1. The van der Waals surface area contributed by atoms with Crippen LogP contribution in [0.15, 0.2) is 18.3 Å². The van der Waals surface area contributed by atoms with Crippen molar-refractivity contribution in [1.82, 2.24) is 15.6 Å². The van der Waals surface area contributed by atoms with Crippen LogP contribution in [0.2, 0.25) is 0 Å². The first-order chi connectivity index (χ1) is 11.7. The van der Waals surface area contributed by atoms with Crippen LogP contribution in [0.3, 0.4) is 0 Å². The van der Waals surface area contributed by atoms with Crippen molar-refractivity contribution in [3.05, 3.63) is 23.9 Å². The van der Waals surface area contributed by atoms with Gasteiger partial charge >= 0.3 is 12.2 Å². The van der Waals surface area contributed by atoms with E-state index in [4.69, 9.17) is 0 Å². The Morgan fingerprint density at radius 2 is 2.12 bits per heavy atom. The van der Waals surface area contributed by atoms with Crippen molar-refractivity contribution in [2.24, 2.45) is 5.41 Å². The molecule has 2 saturated carbocycles. The fourth-order valence-corrected chi connectivity index (χ4v) is 3.72. The molecule has 1 spiro atoms. The lowest BCUT2D eigenvalue weighted by Gasteiger charge is -2.54. The zero-order valence-corrected chi connectivity index (χ0v) is 14.2. The number of hydrogen-bond acceptors (Lipinski definition) is 3. The molecule has 0 unspecified atom stereocenters. The molecule has 0 radical (unpaired) electrons. The highest BCUT2D eigenvalue weighted by Gasteiger charge is 2.48. The number of nitrogens with one attached hydrogen (secondary N) is 2. The first-order valence-corrected chi connectivity index (χ1v) is 8.52. The normalized spacial score (nSPS) is 19.0. The van der Waals surface area contributed by atoms with Gasteiger partial charge in [0.15, 0.2) is 0 Å². The number of amides is 2. The van der Waals surface area contributed by atoms with Gasteiger partial charge in [0, 0.05) is 25.8 Å². The summed E-state index contributed by atoms with van der Waals surface area (Å²) in [5, 5.41) is 5.71. The molecule has 3 rings (SSSR count). The first kappa shape index (κ1) is 17.8. The topological polar surface area (TPSA) is 57.3 Å². The molecule has 0 bridgehead atoms. The van der Waals surface area contributed by atoms with Gasteiger partial charge in [0.25, 0.3) is 0 Å². The lowest BCUT2D eigenvalue weighted by atomic mass is 9.54. The summed E-state index contributed by atoms with van der Waals surface area (Å²) in [6.07, 6.45) is 3.13. The highest BCUT2D eigenvalue weighted by atomic mass is 19.4. The molecule has 1 aromatic heterocycles. The van der Waals surface area contributed by atoms with E-state index in [2.05, 4.69) is 15.6 Å². The molecule has 0 saturated heterocycles. The van der Waals surface area contributed by atoms with E-state index in [0.717, 1.165) is 17.7 Å². The number of carbonyl (C=O) groups is 1. The Hall–Kier alpha value is -1.99. The van der Waals surface area contributed by atoms with Gasteiger partial charge in [-0.1, -0.05) is 6.42 Å². The van der Waals surface area contributed by atoms with Gasteiger partial charge in [-0.25, -0.2) is 9.78 Å². The molecule has 2 amide bonds. The van der Waals surface area contributed by atoms with Gasteiger partial charge in [-0.05, 0) is 48.8 Å². The molecular formula is C17H23F3N4O. The molecule has 2 aliphatic carbocycles. The van der Waals surface area contributed by atoms with Crippen LogP contribution in [0, 0.1) is 5.41 Å². The Labute approximate surface area is 145 Å². The predicted molar refractivity (Wildman–Crippen MR) is 88.2 cm³/mol. The van der Waals surface area contributed by atoms with Gasteiger partial charge in [-0.15, -0.1) is 0 Å². The molecule has 2 fully saturated rings. The number of anilines is 1. The molecule has 0 atom stereocenters. The molecule has 2 aliphatic rings. The van der Waals surface area contributed by atoms with Gasteiger partial charge in [0.1, 0.15) is 12.4 Å². The molecular weight excluding hydrogens is 333 g/mol. The minimum absolute atomic E-state index is 0.225. The molecule has 1 aromatic rings. The largest absolute Gasteiger partial charge is 0.405 e. The molecule has 0 aliphatic heterocycles. The second-order valence-corrected chi connectivity index (χ2v) is 7.28. The van der Waals surface area contributed by atoms with E-state index in [1.807, 2.05) is 0 Å². The fourth-order valence-electron chi connectivity index (χ4n) is 3.72. The Bertz CT molecular complexity index is 623. The minimum Gasteiger partial charge on any atom is -0.351 e. The molecule has 138 valence electrons. The van der Waals surface area contributed by atoms with Crippen LogP contribution in [0.25, 0.3) is 0 Å². The third-order valence-electron chi connectivity index (χ3n) is 5.18. The maximum absolute atomic E-state index is 12.5. The van der Waals surface area contributed by atoms with Crippen LogP contribution >= 0.6 is 0 Å². The predicted octanol–water partition coefficient (Wildman–Crippen LogP) is 3.21. The Kier molecular flexibility index (Phi) is 4.79. The number of pyridine rings is 1. The zero-order chi connectivity index (χ0) is 18.1. The smallest absolute Gasteiger partial charge is 0.351 e. The van der Waals surface area contributed by atoms with Crippen molar-refractivity contribution < 1.29 is 18.0 Å². The summed E-state index contributed by atoms with van der Waals surface area (Å²) in [6.45, 7) is -0.820. The van der Waals surface area contributed by atoms with Crippen LogP contribution in [-0.4, -0.2) is 36.8 Å². The Morgan fingerprint density at radius 3 is 2.72 bits per heavy atom. The maximum atomic E-state index is 12.5. The highest BCUT2D eigenvalue weighted by molar-refractivity contribution is 5.74. The third-order valence-corrected chi connectivity index (χ3v) is 5.18. The molecule has 5 nitrogen and oxygen atoms in total. The van der Waals surface area contributed by atoms with Gasteiger partial charge in [-0.3, -0.25) is 0 Å². The van der Waals surface area contributed by atoms with Gasteiger partial charge < -0.3 is 15.5 Å². The number of hydrogen-bond donors (Lipinski definition) is 2. The number of urea groups is 1. The lowest BCUT2D eigenvalue weighted by Crippen LogP contribution is -2.55. The molecule has 25 heavy (non-hydrogen) atoms. The van der Waals surface area contributed by atoms with Gasteiger partial charge in [0.05, 0.1) is 0 Å². The summed E-state index contributed by atoms with van der Waals surface area (Å²) in [7, 11) is 1.34. The van der Waals surface area contributed by atoms with Crippen molar-refractivity contribution in [2.75, 3.05) is 18.5 Å². The number of rotatable bonds is 5. The first-order valence-electron chi connectivity index (χ1n) is 8.52. The standard InChI is InChI=1S/C17H23F3N4O/c1-24(11-17(18,19)20)14-7-12(3-6-21-14)10-22-15(25)23-13-8-16(9-13)4-2-5-16/h3,6-7,13H,2,4-5,8-11H2,1H3,(H2,22,23,25). The summed E-state index contributed by atoms with van der Waals surface area (Å²) in [6, 6.07) is 3.24. The van der Waals surface area contributed by atoms with Crippen LogP contribution in [-0.2, 0) is 6.54 Å². The molecule has 1 heterocycles. The van der Waals surface area contributed by atoms with Crippen LogP contribution < -0.4 is 15.5 Å². The van der Waals surface area contributed by atoms with Crippen LogP contribution in [0.5, 0.6) is 0 Å². The SMILES string of the molecule is CN(CC(F)(F)F)c1cc(CNC(=O)NC2CC3(CCC3)C2)ccn1. The second kappa shape index (κ2) is 6.72. The quantitative estimate of drug-likeness (QED) is 0.852. The summed E-state index contributed by atoms with van der Waals surface area (Å²) in [4.78, 5) is 16.9. The monoisotopic (exact) mass is 356 g/mol. The average Bonchev–Trinajstić information content (AvgIpc) is 2.45. The second-order valence-electron chi connectivity index (χ2n) is 7.28. The van der Waals surface area contributed by atoms with E-state index in [0.29, 0.717) is 11.0 Å². The van der Waals surface area contributed by atoms with Crippen molar-refractivity contribution in [3.63, 3.8) is 0 Å². The molecule has 0 aromatic carbocycles. The summed E-state index contributed by atoms with van der Waals surface area (Å²) in [5.41, 5.74) is 1.21. The van der Waals surface area contributed by atoms with Crippen LogP contribution in [0.1, 0.15) is 37.7 Å². The minimum atomic E-state index is -4.29. The number of carbonyl (C=O) groups excluding carboxylic acids is 1. The summed E-state index contributed by atoms with van der Waals surface area (Å²) < 4.78 is 37.4. The summed E-state index contributed by atoms with van der Waals surface area (Å²) in [5.74, 6) is 0.225. The lowest BCUT2D eigenvalue weighted by molar-refractivity contribution is -0.119. The van der Waals surface area contributed by atoms with E-state index < -0.39 is 12.7 Å². The van der Waals surface area contributed by atoms with E-state index in [1.54, 1.807) is 12.1 Å². The zero-order valence-electron chi connectivity index (χ0n) is 14.2. The van der Waals surface area contributed by atoms with Gasteiger partial charge in [0.2, 0.25) is 0 Å². The number of alkyl halides is 3. The highest BCUT2D eigenvalue weighted by Crippen LogP contribution is 2.55. The van der Waals surface area contributed by atoms with Crippen LogP contribution in [0.4, 0.5) is 23.8 Å². The Morgan fingerprint density at radius 1 is 1.40 bits per heavy atom. The van der Waals surface area contributed by atoms with Crippen molar-refractivity contribution >= 4 is 11.8 Å². The summed E-state index contributed by atoms with van der Waals surface area (Å²) >= 11 is 0. The molecule has 2 N–H and O–H groups in total. The number of nitrogens with zero attached hydrogens (tertiary/aromatic N) is 2. The van der Waals surface area contributed by atoms with E-state index in [9.17, 15) is 18.0 Å². The van der Waals surface area contributed by atoms with E-state index >= 15 is 0 Å². The van der Waals surface area contributed by atoms with E-state index in [1.165, 1.54) is 32.5 Å². The van der Waals surface area contributed by atoms with E-state index in [-0.39, 0.29) is 24.4 Å². The van der Waals surface area contributed by atoms with Crippen molar-refractivity contribution in [1.29, 1.82) is 0 Å². The van der Waals surface area contributed by atoms with Crippen molar-refractivity contribution in [3.8, 4) is 0 Å². The fraction of sp³-hybridized carbons (Fsp3) is 0.647. The Balaban J connectivity index is 1.45. The number of halogens is 3. The third kappa shape index (κ3) is 4.55. The van der Waals surface area contributed by atoms with Crippen molar-refractivity contribution in [2.45, 2.75) is 50.9 Å².